The largest absolute Gasteiger partial charge is 0.271 e. The van der Waals surface area contributed by atoms with Gasteiger partial charge in [-0.2, -0.15) is 0 Å². The van der Waals surface area contributed by atoms with Gasteiger partial charge in [-0.25, -0.2) is 0 Å². The molecule has 2 nitrogen and oxygen atoms in total. The van der Waals surface area contributed by atoms with E-state index in [1.165, 1.54) is 20.9 Å². The molecular formula is C16H22N2S. The zero-order chi connectivity index (χ0) is 13.7. The van der Waals surface area contributed by atoms with Gasteiger partial charge >= 0.3 is 0 Å². The maximum atomic E-state index is 5.69. The molecule has 0 amide bonds. The maximum absolute atomic E-state index is 5.69. The molecule has 0 saturated heterocycles. The quantitative estimate of drug-likeness (QED) is 0.627. The summed E-state index contributed by atoms with van der Waals surface area (Å²) in [5.41, 5.74) is 5.58. The standard InChI is InChI=1S/C16H22N2S/c1-3-15-8-9-16(19-15)11-14(18-17)10-13-6-4-12(2)5-7-13/h4-9,14,18H,3,10-11,17H2,1-2H3. The van der Waals surface area contributed by atoms with Crippen molar-refractivity contribution < 1.29 is 0 Å². The fourth-order valence-electron chi connectivity index (χ4n) is 2.16. The van der Waals surface area contributed by atoms with Crippen molar-refractivity contribution in [3.05, 3.63) is 57.3 Å². The molecule has 1 unspecified atom stereocenters. The van der Waals surface area contributed by atoms with Crippen LogP contribution < -0.4 is 11.3 Å². The van der Waals surface area contributed by atoms with E-state index in [2.05, 4.69) is 55.7 Å². The Morgan fingerprint density at radius 2 is 1.74 bits per heavy atom. The van der Waals surface area contributed by atoms with Crippen molar-refractivity contribution >= 4 is 11.3 Å². The highest BCUT2D eigenvalue weighted by Crippen LogP contribution is 2.19. The molecule has 0 aliphatic heterocycles. The first-order valence-corrected chi connectivity index (χ1v) is 7.62. The topological polar surface area (TPSA) is 38.0 Å². The predicted octanol–water partition coefficient (Wildman–Crippen LogP) is 3.24. The summed E-state index contributed by atoms with van der Waals surface area (Å²) < 4.78 is 0. The van der Waals surface area contributed by atoms with E-state index < -0.39 is 0 Å². The average Bonchev–Trinajstić information content (AvgIpc) is 2.88. The first kappa shape index (κ1) is 14.3. The van der Waals surface area contributed by atoms with Gasteiger partial charge in [0.25, 0.3) is 0 Å². The van der Waals surface area contributed by atoms with Crippen molar-refractivity contribution in [1.29, 1.82) is 0 Å². The van der Waals surface area contributed by atoms with E-state index in [0.29, 0.717) is 6.04 Å². The predicted molar refractivity (Wildman–Crippen MR) is 83.4 cm³/mol. The van der Waals surface area contributed by atoms with E-state index in [0.717, 1.165) is 19.3 Å². The smallest absolute Gasteiger partial charge is 0.0299 e. The minimum absolute atomic E-state index is 0.297. The monoisotopic (exact) mass is 274 g/mol. The van der Waals surface area contributed by atoms with E-state index in [1.54, 1.807) is 0 Å². The molecule has 1 heterocycles. The molecule has 2 aromatic rings. The highest BCUT2D eigenvalue weighted by Gasteiger charge is 2.10. The lowest BCUT2D eigenvalue weighted by molar-refractivity contribution is 0.525. The number of nitrogens with two attached hydrogens (primary N) is 1. The summed E-state index contributed by atoms with van der Waals surface area (Å²) in [6.07, 6.45) is 3.08. The summed E-state index contributed by atoms with van der Waals surface area (Å²) >= 11 is 1.89. The highest BCUT2D eigenvalue weighted by atomic mass is 32.1. The number of rotatable bonds is 6. The van der Waals surface area contributed by atoms with Gasteiger partial charge in [-0.3, -0.25) is 11.3 Å². The maximum Gasteiger partial charge on any atom is 0.0299 e. The van der Waals surface area contributed by atoms with Gasteiger partial charge in [-0.05, 0) is 43.9 Å². The number of nitrogens with one attached hydrogen (secondary N) is 1. The van der Waals surface area contributed by atoms with Crippen LogP contribution in [0.15, 0.2) is 36.4 Å². The van der Waals surface area contributed by atoms with Crippen LogP contribution >= 0.6 is 11.3 Å². The van der Waals surface area contributed by atoms with Crippen molar-refractivity contribution in [2.45, 2.75) is 39.2 Å². The third kappa shape index (κ3) is 4.16. The second-order valence-corrected chi connectivity index (χ2v) is 6.23. The van der Waals surface area contributed by atoms with Crippen molar-refractivity contribution in [2.24, 2.45) is 5.84 Å². The van der Waals surface area contributed by atoms with Crippen molar-refractivity contribution in [3.63, 3.8) is 0 Å². The summed E-state index contributed by atoms with van der Waals surface area (Å²) in [5.74, 6) is 5.69. The Hall–Kier alpha value is -1.16. The van der Waals surface area contributed by atoms with Crippen LogP contribution in [-0.4, -0.2) is 6.04 Å². The minimum Gasteiger partial charge on any atom is -0.271 e. The first-order valence-electron chi connectivity index (χ1n) is 6.80. The van der Waals surface area contributed by atoms with Gasteiger partial charge in [0.1, 0.15) is 0 Å². The molecule has 3 heteroatoms. The molecule has 102 valence electrons. The number of hydrazine groups is 1. The molecule has 0 fully saturated rings. The van der Waals surface area contributed by atoms with Crippen LogP contribution in [0.3, 0.4) is 0 Å². The van der Waals surface area contributed by atoms with Gasteiger partial charge in [0.2, 0.25) is 0 Å². The minimum atomic E-state index is 0.297. The zero-order valence-corrected chi connectivity index (χ0v) is 12.5. The fourth-order valence-corrected chi connectivity index (χ4v) is 3.20. The summed E-state index contributed by atoms with van der Waals surface area (Å²) in [4.78, 5) is 2.85. The normalized spacial score (nSPS) is 12.6. The Kier molecular flexibility index (Phi) is 5.14. The Morgan fingerprint density at radius 1 is 1.05 bits per heavy atom. The molecule has 19 heavy (non-hydrogen) atoms. The van der Waals surface area contributed by atoms with E-state index in [-0.39, 0.29) is 0 Å². The third-order valence-corrected chi connectivity index (χ3v) is 4.60. The van der Waals surface area contributed by atoms with Crippen molar-refractivity contribution in [1.82, 2.24) is 5.43 Å². The Balaban J connectivity index is 1.98. The summed E-state index contributed by atoms with van der Waals surface area (Å²) in [5, 5.41) is 0. The van der Waals surface area contributed by atoms with Crippen LogP contribution in [0.25, 0.3) is 0 Å². The molecule has 0 radical (unpaired) electrons. The molecule has 0 spiro atoms. The van der Waals surface area contributed by atoms with Crippen LogP contribution in [-0.2, 0) is 19.3 Å². The molecular weight excluding hydrogens is 252 g/mol. The molecule has 1 aromatic carbocycles. The molecule has 0 aliphatic carbocycles. The van der Waals surface area contributed by atoms with Crippen LogP contribution in [0.1, 0.15) is 27.8 Å². The van der Waals surface area contributed by atoms with Crippen molar-refractivity contribution in [2.75, 3.05) is 0 Å². The lowest BCUT2D eigenvalue weighted by Crippen LogP contribution is -2.38. The van der Waals surface area contributed by atoms with E-state index in [4.69, 9.17) is 5.84 Å². The van der Waals surface area contributed by atoms with Crippen LogP contribution in [0.2, 0.25) is 0 Å². The van der Waals surface area contributed by atoms with E-state index >= 15 is 0 Å². The second kappa shape index (κ2) is 6.85. The molecule has 1 atom stereocenters. The third-order valence-electron chi connectivity index (χ3n) is 3.35. The van der Waals surface area contributed by atoms with Crippen LogP contribution in [0, 0.1) is 6.92 Å². The van der Waals surface area contributed by atoms with Gasteiger partial charge in [0, 0.05) is 15.8 Å². The Morgan fingerprint density at radius 3 is 2.32 bits per heavy atom. The molecule has 3 N–H and O–H groups in total. The number of thiophene rings is 1. The lowest BCUT2D eigenvalue weighted by Gasteiger charge is -2.15. The molecule has 0 saturated carbocycles. The van der Waals surface area contributed by atoms with Crippen LogP contribution in [0.5, 0.6) is 0 Å². The van der Waals surface area contributed by atoms with Gasteiger partial charge in [-0.15, -0.1) is 11.3 Å². The first-order chi connectivity index (χ1) is 9.21. The summed E-state index contributed by atoms with van der Waals surface area (Å²) in [6, 6.07) is 13.4. The van der Waals surface area contributed by atoms with Crippen molar-refractivity contribution in [3.8, 4) is 0 Å². The lowest BCUT2D eigenvalue weighted by atomic mass is 10.0. The number of hydrogen-bond acceptors (Lipinski definition) is 3. The molecule has 2 rings (SSSR count). The van der Waals surface area contributed by atoms with E-state index in [1.807, 2.05) is 11.3 Å². The van der Waals surface area contributed by atoms with Gasteiger partial charge in [-0.1, -0.05) is 36.8 Å². The summed E-state index contributed by atoms with van der Waals surface area (Å²) in [7, 11) is 0. The van der Waals surface area contributed by atoms with E-state index in [9.17, 15) is 0 Å². The SMILES string of the molecule is CCc1ccc(CC(Cc2ccc(C)cc2)NN)s1. The van der Waals surface area contributed by atoms with Crippen LogP contribution in [0.4, 0.5) is 0 Å². The van der Waals surface area contributed by atoms with Gasteiger partial charge < -0.3 is 0 Å². The molecule has 0 aliphatic rings. The second-order valence-electron chi connectivity index (χ2n) is 4.98. The highest BCUT2D eigenvalue weighted by molar-refractivity contribution is 7.11. The van der Waals surface area contributed by atoms with Gasteiger partial charge in [0.15, 0.2) is 0 Å². The number of benzene rings is 1. The number of aryl methyl sites for hydroxylation is 2. The Labute approximate surface area is 119 Å². The zero-order valence-electron chi connectivity index (χ0n) is 11.6. The molecule has 1 aromatic heterocycles. The summed E-state index contributed by atoms with van der Waals surface area (Å²) in [6.45, 7) is 4.31. The molecule has 0 bridgehead atoms. The Bertz CT molecular complexity index is 502. The fraction of sp³-hybridized carbons (Fsp3) is 0.375. The van der Waals surface area contributed by atoms with Gasteiger partial charge in [0.05, 0.1) is 0 Å². The average molecular weight is 274 g/mol. The number of hydrogen-bond donors (Lipinski definition) is 2.